The van der Waals surface area contributed by atoms with Crippen LogP contribution in [0.5, 0.6) is 0 Å². The minimum Gasteiger partial charge on any atom is -0.550 e. The summed E-state index contributed by atoms with van der Waals surface area (Å²) >= 11 is 0. The van der Waals surface area contributed by atoms with Crippen LogP contribution in [-0.2, 0) is 66.5 Å². The SMILES string of the molecule is CCC(CC)(CC)C(=O)CC(=O)[O-].CCC(CC)(CC)C(=O)CC(=O)[O-].CCC(CC)(CC)C(=O)CC(=O)[O-].CCC(CC)(CC)C(=O)CC(=O)[O-].CCC(CC)(CC)C(=O)CC(=O)[O-].[V+5]. The van der Waals surface area contributed by atoms with Gasteiger partial charge in [-0.1, -0.05) is 104 Å². The van der Waals surface area contributed by atoms with Crippen LogP contribution in [0.3, 0.4) is 0 Å². The summed E-state index contributed by atoms with van der Waals surface area (Å²) in [4.78, 5) is 109. The zero-order valence-corrected chi connectivity index (χ0v) is 44.6. The van der Waals surface area contributed by atoms with E-state index in [0.29, 0.717) is 96.3 Å². The van der Waals surface area contributed by atoms with Crippen molar-refractivity contribution in [2.45, 2.75) is 232 Å². The Labute approximate surface area is 408 Å². The molecule has 0 aliphatic rings. The number of carbonyl (C=O) groups is 10. The molecule has 0 N–H and O–H groups in total. The number of Topliss-reactive ketones (excluding diaryl/α,β-unsaturated/α-hetero) is 5. The summed E-state index contributed by atoms with van der Waals surface area (Å²) in [5.74, 6) is -7.34. The molecular formula is C50H85O15V. The van der Waals surface area contributed by atoms with Gasteiger partial charge in [-0.2, -0.15) is 0 Å². The van der Waals surface area contributed by atoms with Gasteiger partial charge in [0.15, 0.2) is 0 Å². The summed E-state index contributed by atoms with van der Waals surface area (Å²) in [5.41, 5.74) is -2.22. The number of hydrogen-bond acceptors (Lipinski definition) is 15. The summed E-state index contributed by atoms with van der Waals surface area (Å²) < 4.78 is 0. The van der Waals surface area contributed by atoms with Crippen LogP contribution >= 0.6 is 0 Å². The average Bonchev–Trinajstić information content (AvgIpc) is 3.25. The van der Waals surface area contributed by atoms with Gasteiger partial charge in [0.2, 0.25) is 0 Å². The normalized spacial score (nSPS) is 11.1. The van der Waals surface area contributed by atoms with Crippen molar-refractivity contribution in [2.75, 3.05) is 0 Å². The van der Waals surface area contributed by atoms with Crippen LogP contribution in [0.15, 0.2) is 0 Å². The second-order valence-corrected chi connectivity index (χ2v) is 16.6. The van der Waals surface area contributed by atoms with Crippen LogP contribution in [-0.4, -0.2) is 58.8 Å². The van der Waals surface area contributed by atoms with E-state index < -0.39 is 89.0 Å². The minimum atomic E-state index is -1.27. The van der Waals surface area contributed by atoms with E-state index in [1.807, 2.05) is 104 Å². The third-order valence-electron chi connectivity index (χ3n) is 14.6. The number of carbonyl (C=O) groups excluding carboxylic acids is 10. The van der Waals surface area contributed by atoms with E-state index in [9.17, 15) is 73.5 Å². The molecule has 0 amide bonds. The van der Waals surface area contributed by atoms with Gasteiger partial charge in [-0.15, -0.1) is 0 Å². The fraction of sp³-hybridized carbons (Fsp3) is 0.800. The van der Waals surface area contributed by atoms with Gasteiger partial charge in [0.1, 0.15) is 28.9 Å². The summed E-state index contributed by atoms with van der Waals surface area (Å²) in [5, 5.41) is 51.4. The Bertz CT molecular complexity index is 1180. The van der Waals surface area contributed by atoms with Crippen molar-refractivity contribution in [3.05, 3.63) is 0 Å². The van der Waals surface area contributed by atoms with E-state index >= 15 is 0 Å². The quantitative estimate of drug-likeness (QED) is 0.0892. The molecule has 0 aliphatic carbocycles. The third kappa shape index (κ3) is 25.4. The fourth-order valence-corrected chi connectivity index (χ4v) is 8.30. The molecule has 0 saturated carbocycles. The molecule has 0 radical (unpaired) electrons. The van der Waals surface area contributed by atoms with Gasteiger partial charge >= 0.3 is 18.6 Å². The molecule has 0 aromatic rings. The molecule has 0 heterocycles. The Hall–Kier alpha value is -3.72. The molecule has 16 heteroatoms. The molecule has 380 valence electrons. The van der Waals surface area contributed by atoms with E-state index in [1.54, 1.807) is 0 Å². The minimum absolute atomic E-state index is 0. The zero-order chi connectivity index (χ0) is 52.4. The topological polar surface area (TPSA) is 286 Å². The standard InChI is InChI=1S/5C10H18O3.V/c5*1-4-10(5-2,6-3)8(11)7-9(12)13;/h5*4-7H2,1-3H3,(H,12,13);/q;;;;;+5/p-5. The second kappa shape index (κ2) is 38.3. The van der Waals surface area contributed by atoms with Crippen molar-refractivity contribution >= 4 is 58.8 Å². The first-order valence-corrected chi connectivity index (χ1v) is 23.8. The third-order valence-corrected chi connectivity index (χ3v) is 14.6. The van der Waals surface area contributed by atoms with Crippen molar-refractivity contribution in [1.82, 2.24) is 0 Å². The van der Waals surface area contributed by atoms with Crippen LogP contribution in [0.4, 0.5) is 0 Å². The number of rotatable bonds is 30. The second-order valence-electron chi connectivity index (χ2n) is 16.6. The molecular weight excluding hydrogens is 891 g/mol. The zero-order valence-electron chi connectivity index (χ0n) is 43.2. The van der Waals surface area contributed by atoms with Gasteiger partial charge < -0.3 is 49.5 Å². The summed E-state index contributed by atoms with van der Waals surface area (Å²) in [6.07, 6.45) is 8.26. The number of ketones is 5. The van der Waals surface area contributed by atoms with E-state index in [0.717, 1.165) is 0 Å². The van der Waals surface area contributed by atoms with Gasteiger partial charge in [0, 0.05) is 89.0 Å². The molecule has 0 unspecified atom stereocenters. The van der Waals surface area contributed by atoms with Gasteiger partial charge in [-0.25, -0.2) is 0 Å². The molecule has 0 atom stereocenters. The smallest absolute Gasteiger partial charge is 0.550 e. The Kier molecular flexibility index (Phi) is 42.8. The van der Waals surface area contributed by atoms with E-state index in [2.05, 4.69) is 0 Å². The first-order chi connectivity index (χ1) is 30.1. The van der Waals surface area contributed by atoms with Crippen LogP contribution < -0.4 is 25.5 Å². The molecule has 66 heavy (non-hydrogen) atoms. The molecule has 0 rings (SSSR count). The first-order valence-electron chi connectivity index (χ1n) is 23.8. The van der Waals surface area contributed by atoms with Crippen molar-refractivity contribution in [2.24, 2.45) is 27.1 Å². The number of carboxylic acids is 5. The summed E-state index contributed by atoms with van der Waals surface area (Å²) in [7, 11) is 0. The van der Waals surface area contributed by atoms with Gasteiger partial charge in [0.05, 0.1) is 0 Å². The Morgan fingerprint density at radius 1 is 0.227 bits per heavy atom. The van der Waals surface area contributed by atoms with Crippen LogP contribution in [0.1, 0.15) is 232 Å². The predicted octanol–water partition coefficient (Wildman–Crippen LogP) is 4.56. The number of aliphatic carboxylic acids is 5. The molecule has 0 aromatic heterocycles. The molecule has 0 bridgehead atoms. The van der Waals surface area contributed by atoms with Crippen molar-refractivity contribution < 1.29 is 92.0 Å². The molecule has 0 aromatic carbocycles. The van der Waals surface area contributed by atoms with Crippen LogP contribution in [0.25, 0.3) is 0 Å². The molecule has 15 nitrogen and oxygen atoms in total. The van der Waals surface area contributed by atoms with E-state index in [-0.39, 0.29) is 47.5 Å². The monoisotopic (exact) mass is 977 g/mol. The van der Waals surface area contributed by atoms with Crippen molar-refractivity contribution in [1.29, 1.82) is 0 Å². The summed E-state index contributed by atoms with van der Waals surface area (Å²) in [6, 6.07) is 0. The van der Waals surface area contributed by atoms with Crippen molar-refractivity contribution in [3.8, 4) is 0 Å². The molecule has 0 spiro atoms. The number of carboxylic acid groups (broad SMARTS) is 5. The largest absolute Gasteiger partial charge is 5.00 e. The molecule has 0 saturated heterocycles. The Balaban J connectivity index is -0.000000170. The van der Waals surface area contributed by atoms with Gasteiger partial charge in [-0.3, -0.25) is 24.0 Å². The van der Waals surface area contributed by atoms with Crippen LogP contribution in [0, 0.1) is 27.1 Å². The maximum atomic E-state index is 11.5. The molecule has 0 fully saturated rings. The van der Waals surface area contributed by atoms with E-state index in [4.69, 9.17) is 0 Å². The first kappa shape index (κ1) is 73.8. The average molecular weight is 977 g/mol. The van der Waals surface area contributed by atoms with Crippen LogP contribution in [0.2, 0.25) is 0 Å². The summed E-state index contributed by atoms with van der Waals surface area (Å²) in [6.45, 7) is 28.8. The van der Waals surface area contributed by atoms with Crippen molar-refractivity contribution in [3.63, 3.8) is 0 Å². The predicted molar refractivity (Wildman–Crippen MR) is 240 cm³/mol. The Morgan fingerprint density at radius 2 is 0.303 bits per heavy atom. The maximum absolute atomic E-state index is 11.5. The maximum Gasteiger partial charge on any atom is 5.00 e. The number of hydrogen-bond donors (Lipinski definition) is 0. The Morgan fingerprint density at radius 3 is 0.348 bits per heavy atom. The van der Waals surface area contributed by atoms with E-state index in [1.165, 1.54) is 0 Å². The molecule has 0 aliphatic heterocycles. The van der Waals surface area contributed by atoms with Gasteiger partial charge in [-0.05, 0) is 96.3 Å². The van der Waals surface area contributed by atoms with Gasteiger partial charge in [0.25, 0.3) is 0 Å². The fourth-order valence-electron chi connectivity index (χ4n) is 8.30.